The number of nitrogens with one attached hydrogen (secondary N) is 1. The molecule has 0 saturated carbocycles. The maximum absolute atomic E-state index is 13.3. The van der Waals surface area contributed by atoms with Gasteiger partial charge in [0, 0.05) is 17.5 Å². The van der Waals surface area contributed by atoms with Gasteiger partial charge < -0.3 is 5.32 Å². The van der Waals surface area contributed by atoms with Gasteiger partial charge in [-0.25, -0.2) is 8.78 Å². The smallest absolute Gasteiger partial charge is 0.126 e. The highest BCUT2D eigenvalue weighted by Gasteiger charge is 2.30. The Hall–Kier alpha value is -1.74. The number of rotatable bonds is 5. The van der Waals surface area contributed by atoms with Crippen LogP contribution < -0.4 is 5.32 Å². The van der Waals surface area contributed by atoms with E-state index in [1.165, 1.54) is 17.7 Å². The molecule has 2 rings (SSSR count). The second-order valence-electron chi connectivity index (χ2n) is 5.91. The molecule has 0 aliphatic rings. The highest BCUT2D eigenvalue weighted by atomic mass is 19.1. The van der Waals surface area contributed by atoms with Gasteiger partial charge in [-0.3, -0.25) is 0 Å². The molecule has 0 aromatic heterocycles. The van der Waals surface area contributed by atoms with Gasteiger partial charge in [-0.2, -0.15) is 0 Å². The molecule has 0 aliphatic carbocycles. The lowest BCUT2D eigenvalue weighted by molar-refractivity contribution is 0.356. The second kappa shape index (κ2) is 6.35. The van der Waals surface area contributed by atoms with Gasteiger partial charge in [0.15, 0.2) is 0 Å². The molecule has 1 N–H and O–H groups in total. The van der Waals surface area contributed by atoms with Gasteiger partial charge >= 0.3 is 0 Å². The summed E-state index contributed by atoms with van der Waals surface area (Å²) in [6, 6.07) is 13.9. The molecule has 3 heteroatoms. The zero-order valence-corrected chi connectivity index (χ0v) is 12.7. The minimum absolute atomic E-state index is 0.0705. The average molecular weight is 289 g/mol. The maximum Gasteiger partial charge on any atom is 0.126 e. The molecule has 2 aromatic rings. The Labute approximate surface area is 125 Å². The molecule has 1 nitrogen and oxygen atoms in total. The summed E-state index contributed by atoms with van der Waals surface area (Å²) in [5.41, 5.74) is 1.70. The molecule has 0 radical (unpaired) electrons. The summed E-state index contributed by atoms with van der Waals surface area (Å²) >= 11 is 0. The van der Waals surface area contributed by atoms with Gasteiger partial charge in [-0.15, -0.1) is 0 Å². The van der Waals surface area contributed by atoms with Crippen molar-refractivity contribution in [2.24, 2.45) is 0 Å². The maximum atomic E-state index is 13.3. The first kappa shape index (κ1) is 15.6. The van der Waals surface area contributed by atoms with Gasteiger partial charge in [0.2, 0.25) is 0 Å². The topological polar surface area (TPSA) is 12.0 Å². The van der Waals surface area contributed by atoms with Crippen molar-refractivity contribution in [3.63, 3.8) is 0 Å². The van der Waals surface area contributed by atoms with Crippen LogP contribution in [-0.2, 0) is 11.8 Å². The Morgan fingerprint density at radius 2 is 1.57 bits per heavy atom. The van der Waals surface area contributed by atoms with E-state index in [0.717, 1.165) is 6.07 Å². The molecular weight excluding hydrogens is 268 g/mol. The normalized spacial score (nSPS) is 13.2. The van der Waals surface area contributed by atoms with Gasteiger partial charge in [0.25, 0.3) is 0 Å². The molecule has 1 atom stereocenters. The standard InChI is InChI=1S/C18H21F2N/c1-18(2,14-7-5-4-6-8-14)17(21-3)11-13-9-15(19)12-16(20)10-13/h4-10,12,17,21H,11H2,1-3H3. The number of benzene rings is 2. The lowest BCUT2D eigenvalue weighted by Gasteiger charge is -2.35. The van der Waals surface area contributed by atoms with Crippen molar-refractivity contribution in [2.45, 2.75) is 31.7 Å². The molecule has 0 saturated heterocycles. The van der Waals surface area contributed by atoms with E-state index >= 15 is 0 Å². The summed E-state index contributed by atoms with van der Waals surface area (Å²) in [6.45, 7) is 4.28. The van der Waals surface area contributed by atoms with Crippen molar-refractivity contribution in [1.82, 2.24) is 5.32 Å². The van der Waals surface area contributed by atoms with Crippen LogP contribution in [0, 0.1) is 11.6 Å². The lowest BCUT2D eigenvalue weighted by Crippen LogP contribution is -2.44. The second-order valence-corrected chi connectivity index (χ2v) is 5.91. The largest absolute Gasteiger partial charge is 0.316 e. The van der Waals surface area contributed by atoms with E-state index in [1.54, 1.807) is 0 Å². The number of likely N-dealkylation sites (N-methyl/N-ethyl adjacent to an activating group) is 1. The zero-order valence-electron chi connectivity index (χ0n) is 12.7. The van der Waals surface area contributed by atoms with Crippen molar-refractivity contribution in [2.75, 3.05) is 7.05 Å². The molecule has 21 heavy (non-hydrogen) atoms. The van der Waals surface area contributed by atoms with Gasteiger partial charge in [-0.1, -0.05) is 44.2 Å². The van der Waals surface area contributed by atoms with E-state index in [0.29, 0.717) is 12.0 Å². The van der Waals surface area contributed by atoms with Crippen LogP contribution >= 0.6 is 0 Å². The van der Waals surface area contributed by atoms with Crippen LogP contribution in [0.4, 0.5) is 8.78 Å². The Morgan fingerprint density at radius 1 is 1.00 bits per heavy atom. The van der Waals surface area contributed by atoms with Crippen molar-refractivity contribution in [3.05, 3.63) is 71.3 Å². The molecule has 0 spiro atoms. The zero-order chi connectivity index (χ0) is 15.5. The summed E-state index contributed by atoms with van der Waals surface area (Å²) in [7, 11) is 1.88. The van der Waals surface area contributed by atoms with E-state index in [-0.39, 0.29) is 11.5 Å². The average Bonchev–Trinajstić information content (AvgIpc) is 2.44. The predicted molar refractivity (Wildman–Crippen MR) is 82.4 cm³/mol. The van der Waals surface area contributed by atoms with E-state index in [1.807, 2.05) is 25.2 Å². The third-order valence-corrected chi connectivity index (χ3v) is 4.10. The highest BCUT2D eigenvalue weighted by molar-refractivity contribution is 5.28. The van der Waals surface area contributed by atoms with Crippen LogP contribution in [0.5, 0.6) is 0 Å². The monoisotopic (exact) mass is 289 g/mol. The van der Waals surface area contributed by atoms with Crippen LogP contribution in [0.2, 0.25) is 0 Å². The Kier molecular flexibility index (Phi) is 4.73. The SMILES string of the molecule is CNC(Cc1cc(F)cc(F)c1)C(C)(C)c1ccccc1. The van der Waals surface area contributed by atoms with Crippen LogP contribution in [0.1, 0.15) is 25.0 Å². The summed E-state index contributed by atoms with van der Waals surface area (Å²) in [5.74, 6) is -1.06. The Morgan fingerprint density at radius 3 is 2.10 bits per heavy atom. The summed E-state index contributed by atoms with van der Waals surface area (Å²) in [6.07, 6.45) is 0.563. The third-order valence-electron chi connectivity index (χ3n) is 4.10. The van der Waals surface area contributed by atoms with Crippen molar-refractivity contribution < 1.29 is 8.78 Å². The van der Waals surface area contributed by atoms with Gasteiger partial charge in [-0.05, 0) is 36.7 Å². The fourth-order valence-electron chi connectivity index (χ4n) is 2.75. The molecule has 0 bridgehead atoms. The molecule has 0 fully saturated rings. The van der Waals surface area contributed by atoms with Gasteiger partial charge in [0.1, 0.15) is 11.6 Å². The van der Waals surface area contributed by atoms with Crippen molar-refractivity contribution in [1.29, 1.82) is 0 Å². The number of hydrogen-bond acceptors (Lipinski definition) is 1. The van der Waals surface area contributed by atoms with Crippen LogP contribution in [-0.4, -0.2) is 13.1 Å². The molecule has 112 valence electrons. The third kappa shape index (κ3) is 3.67. The fraction of sp³-hybridized carbons (Fsp3) is 0.333. The van der Waals surface area contributed by atoms with Crippen molar-refractivity contribution in [3.8, 4) is 0 Å². The Balaban J connectivity index is 2.27. The predicted octanol–water partition coefficient (Wildman–Crippen LogP) is 4.07. The number of hydrogen-bond donors (Lipinski definition) is 1. The molecule has 0 amide bonds. The van der Waals surface area contributed by atoms with E-state index in [9.17, 15) is 8.78 Å². The first-order chi connectivity index (χ1) is 9.93. The number of halogens is 2. The first-order valence-corrected chi connectivity index (χ1v) is 7.11. The summed E-state index contributed by atoms with van der Waals surface area (Å²) in [5, 5.41) is 3.28. The van der Waals surface area contributed by atoms with Crippen LogP contribution in [0.15, 0.2) is 48.5 Å². The summed E-state index contributed by atoms with van der Waals surface area (Å²) < 4.78 is 26.7. The quantitative estimate of drug-likeness (QED) is 0.875. The molecule has 0 aliphatic heterocycles. The lowest BCUT2D eigenvalue weighted by atomic mass is 9.75. The Bertz CT molecular complexity index is 573. The van der Waals surface area contributed by atoms with Crippen LogP contribution in [0.25, 0.3) is 0 Å². The van der Waals surface area contributed by atoms with E-state index < -0.39 is 11.6 Å². The highest BCUT2D eigenvalue weighted by Crippen LogP contribution is 2.29. The molecule has 0 heterocycles. The first-order valence-electron chi connectivity index (χ1n) is 7.11. The van der Waals surface area contributed by atoms with Gasteiger partial charge in [0.05, 0.1) is 0 Å². The molecular formula is C18H21F2N. The minimum atomic E-state index is -0.530. The summed E-state index contributed by atoms with van der Waals surface area (Å²) in [4.78, 5) is 0. The van der Waals surface area contributed by atoms with E-state index in [2.05, 4.69) is 31.3 Å². The van der Waals surface area contributed by atoms with Crippen LogP contribution in [0.3, 0.4) is 0 Å². The molecule has 2 aromatic carbocycles. The minimum Gasteiger partial charge on any atom is -0.316 e. The van der Waals surface area contributed by atoms with Crippen molar-refractivity contribution >= 4 is 0 Å². The fourth-order valence-corrected chi connectivity index (χ4v) is 2.75. The van der Waals surface area contributed by atoms with E-state index in [4.69, 9.17) is 0 Å². The molecule has 1 unspecified atom stereocenters.